The molecule has 0 bridgehead atoms. The van der Waals surface area contributed by atoms with Gasteiger partial charge in [0.1, 0.15) is 30.2 Å². The van der Waals surface area contributed by atoms with Crippen molar-refractivity contribution in [2.75, 3.05) is 18.5 Å². The van der Waals surface area contributed by atoms with Crippen LogP contribution in [0, 0.1) is 0 Å². The molecule has 11 heteroatoms. The normalized spacial score (nSPS) is 30.1. The highest BCUT2D eigenvalue weighted by molar-refractivity contribution is 5.35. The van der Waals surface area contributed by atoms with Crippen LogP contribution in [0.4, 0.5) is 19.0 Å². The van der Waals surface area contributed by atoms with E-state index in [1.807, 2.05) is 0 Å². The number of hydrogen-bond acceptors (Lipinski definition) is 8. The second-order valence-electron chi connectivity index (χ2n) is 5.29. The van der Waals surface area contributed by atoms with E-state index in [9.17, 15) is 28.5 Å². The maximum atomic E-state index is 12.7. The molecule has 2 rings (SSSR count). The number of aliphatic hydroxyl groups excluding tert-OH is 3. The molecule has 0 radical (unpaired) electrons. The fraction of sp³-hybridized carbons (Fsp3) is 0.571. The minimum absolute atomic E-state index is 0.0120. The first-order chi connectivity index (χ1) is 11.8. The van der Waals surface area contributed by atoms with Gasteiger partial charge in [-0.05, 0) is 0 Å². The first-order valence-corrected chi connectivity index (χ1v) is 7.28. The number of ether oxygens (including phenoxy) is 2. The molecule has 4 N–H and O–H groups in total. The summed E-state index contributed by atoms with van der Waals surface area (Å²) in [5.74, 6) is -0.288. The molecule has 1 aliphatic heterocycles. The Morgan fingerprint density at radius 1 is 1.32 bits per heavy atom. The molecule has 0 amide bonds. The third-order valence-electron chi connectivity index (χ3n) is 3.50. The van der Waals surface area contributed by atoms with E-state index in [1.54, 1.807) is 0 Å². The Kier molecular flexibility index (Phi) is 6.30. The molecule has 0 aromatic carbocycles. The predicted octanol–water partition coefficient (Wildman–Crippen LogP) is -0.0825. The molecule has 2 heterocycles. The minimum atomic E-state index is -4.69. The van der Waals surface area contributed by atoms with E-state index >= 15 is 0 Å². The number of aromatic nitrogens is 2. The van der Waals surface area contributed by atoms with Gasteiger partial charge in [-0.3, -0.25) is 4.98 Å². The summed E-state index contributed by atoms with van der Waals surface area (Å²) in [4.78, 5) is 6.83. The van der Waals surface area contributed by atoms with Crippen LogP contribution in [0.2, 0.25) is 0 Å². The molecule has 1 aliphatic rings. The van der Waals surface area contributed by atoms with Crippen LogP contribution in [-0.2, 0) is 15.7 Å². The molecule has 5 atom stereocenters. The Balaban J connectivity index is 2.22. The molecule has 0 spiro atoms. The summed E-state index contributed by atoms with van der Waals surface area (Å²) < 4.78 is 48.8. The number of nitrogens with one attached hydrogen (secondary N) is 1. The zero-order chi connectivity index (χ0) is 18.6. The quantitative estimate of drug-likeness (QED) is 0.517. The van der Waals surface area contributed by atoms with Crippen LogP contribution in [0.1, 0.15) is 5.69 Å². The van der Waals surface area contributed by atoms with Gasteiger partial charge in [-0.2, -0.15) is 13.2 Å². The van der Waals surface area contributed by atoms with E-state index in [0.717, 1.165) is 6.20 Å². The number of alkyl halides is 3. The predicted molar refractivity (Wildman–Crippen MR) is 78.4 cm³/mol. The molecular formula is C14H18F3N3O5. The largest absolute Gasteiger partial charge is 0.434 e. The van der Waals surface area contributed by atoms with Gasteiger partial charge in [0.2, 0.25) is 0 Å². The van der Waals surface area contributed by atoms with Gasteiger partial charge in [0, 0.05) is 0 Å². The Morgan fingerprint density at radius 3 is 2.64 bits per heavy atom. The van der Waals surface area contributed by atoms with E-state index in [0.29, 0.717) is 6.20 Å². The zero-order valence-electron chi connectivity index (χ0n) is 12.9. The van der Waals surface area contributed by atoms with Crippen molar-refractivity contribution < 1.29 is 38.0 Å². The second-order valence-corrected chi connectivity index (χ2v) is 5.29. The average Bonchev–Trinajstić information content (AvgIpc) is 2.58. The van der Waals surface area contributed by atoms with Crippen LogP contribution in [0.15, 0.2) is 25.0 Å². The Morgan fingerprint density at radius 2 is 2.04 bits per heavy atom. The molecule has 0 saturated carbocycles. The smallest absolute Gasteiger partial charge is 0.394 e. The molecule has 1 aromatic heterocycles. The van der Waals surface area contributed by atoms with Gasteiger partial charge in [-0.1, -0.05) is 6.08 Å². The van der Waals surface area contributed by atoms with E-state index in [2.05, 4.69) is 21.9 Å². The Bertz CT molecular complexity index is 589. The van der Waals surface area contributed by atoms with Crippen LogP contribution in [0.3, 0.4) is 0 Å². The maximum Gasteiger partial charge on any atom is 0.434 e. The fourth-order valence-corrected chi connectivity index (χ4v) is 2.28. The van der Waals surface area contributed by atoms with Crippen LogP contribution in [-0.4, -0.2) is 69.1 Å². The summed E-state index contributed by atoms with van der Waals surface area (Å²) in [6, 6.07) is -1.16. The topological polar surface area (TPSA) is 117 Å². The van der Waals surface area contributed by atoms with Crippen molar-refractivity contribution in [2.45, 2.75) is 36.8 Å². The highest BCUT2D eigenvalue weighted by Gasteiger charge is 2.45. The lowest BCUT2D eigenvalue weighted by Crippen LogP contribution is -2.61. The maximum absolute atomic E-state index is 12.7. The lowest BCUT2D eigenvalue weighted by Gasteiger charge is -2.42. The first-order valence-electron chi connectivity index (χ1n) is 7.28. The van der Waals surface area contributed by atoms with Gasteiger partial charge in [0.05, 0.1) is 25.6 Å². The van der Waals surface area contributed by atoms with Crippen molar-refractivity contribution in [1.29, 1.82) is 0 Å². The fourth-order valence-electron chi connectivity index (χ4n) is 2.28. The minimum Gasteiger partial charge on any atom is -0.394 e. The monoisotopic (exact) mass is 365 g/mol. The summed E-state index contributed by atoms with van der Waals surface area (Å²) in [5, 5.41) is 31.9. The molecule has 140 valence electrons. The van der Waals surface area contributed by atoms with Crippen LogP contribution >= 0.6 is 0 Å². The van der Waals surface area contributed by atoms with E-state index in [1.165, 1.54) is 6.08 Å². The third kappa shape index (κ3) is 4.64. The average molecular weight is 365 g/mol. The highest BCUT2D eigenvalue weighted by Crippen LogP contribution is 2.29. The van der Waals surface area contributed by atoms with Gasteiger partial charge < -0.3 is 30.1 Å². The Hall–Kier alpha value is -1.79. The molecule has 1 saturated heterocycles. The number of halogens is 3. The third-order valence-corrected chi connectivity index (χ3v) is 3.50. The van der Waals surface area contributed by atoms with Gasteiger partial charge in [-0.15, -0.1) is 6.58 Å². The molecule has 0 aliphatic carbocycles. The van der Waals surface area contributed by atoms with Crippen LogP contribution in [0.5, 0.6) is 0 Å². The van der Waals surface area contributed by atoms with Crippen molar-refractivity contribution in [3.8, 4) is 0 Å². The lowest BCUT2D eigenvalue weighted by atomic mass is 9.97. The SMILES string of the molecule is C=CCOC1OC(CO)C(O)C(O)C1Nc1cncc(C(F)(F)F)n1. The van der Waals surface area contributed by atoms with Gasteiger partial charge in [0.25, 0.3) is 0 Å². The van der Waals surface area contributed by atoms with Crippen molar-refractivity contribution in [3.63, 3.8) is 0 Å². The van der Waals surface area contributed by atoms with E-state index in [4.69, 9.17) is 9.47 Å². The molecule has 8 nitrogen and oxygen atoms in total. The standard InChI is InChI=1S/C14H18F3N3O5/c1-2-3-24-13-10(12(23)11(22)7(6-21)25-13)20-9-5-18-4-8(19-9)14(15,16)17/h2,4-5,7,10-13,21-23H,1,3,6H2,(H,19,20). The van der Waals surface area contributed by atoms with Crippen molar-refractivity contribution in [2.24, 2.45) is 0 Å². The van der Waals surface area contributed by atoms with Crippen molar-refractivity contribution >= 4 is 5.82 Å². The molecule has 1 fully saturated rings. The zero-order valence-corrected chi connectivity index (χ0v) is 12.9. The molecule has 25 heavy (non-hydrogen) atoms. The number of rotatable bonds is 6. The number of aliphatic hydroxyl groups is 3. The molecule has 1 aromatic rings. The lowest BCUT2D eigenvalue weighted by molar-refractivity contribution is -0.259. The number of nitrogens with zero attached hydrogens (tertiary/aromatic N) is 2. The summed E-state index contributed by atoms with van der Waals surface area (Å²) in [5.41, 5.74) is -1.22. The molecule has 5 unspecified atom stereocenters. The van der Waals surface area contributed by atoms with Crippen molar-refractivity contribution in [3.05, 3.63) is 30.7 Å². The number of hydrogen-bond donors (Lipinski definition) is 4. The van der Waals surface area contributed by atoms with Gasteiger partial charge in [-0.25, -0.2) is 4.98 Å². The van der Waals surface area contributed by atoms with Gasteiger partial charge >= 0.3 is 6.18 Å². The molecular weight excluding hydrogens is 347 g/mol. The van der Waals surface area contributed by atoms with Crippen molar-refractivity contribution in [1.82, 2.24) is 9.97 Å². The van der Waals surface area contributed by atoms with E-state index < -0.39 is 49.1 Å². The van der Waals surface area contributed by atoms with Crippen LogP contribution in [0.25, 0.3) is 0 Å². The Labute approximate surface area is 140 Å². The summed E-state index contributed by atoms with van der Waals surface area (Å²) >= 11 is 0. The van der Waals surface area contributed by atoms with E-state index in [-0.39, 0.29) is 12.4 Å². The second kappa shape index (κ2) is 8.06. The van der Waals surface area contributed by atoms with Gasteiger partial charge in [0.15, 0.2) is 12.0 Å². The summed E-state index contributed by atoms with van der Waals surface area (Å²) in [6.07, 6.45) is -6.98. The summed E-state index contributed by atoms with van der Waals surface area (Å²) in [6.45, 7) is 2.89. The first kappa shape index (κ1) is 19.5. The number of anilines is 1. The summed E-state index contributed by atoms with van der Waals surface area (Å²) in [7, 11) is 0. The highest BCUT2D eigenvalue weighted by atomic mass is 19.4. The van der Waals surface area contributed by atoms with Crippen LogP contribution < -0.4 is 5.32 Å².